The van der Waals surface area contributed by atoms with Crippen LogP contribution in [0.5, 0.6) is 0 Å². The molecule has 0 bridgehead atoms. The summed E-state index contributed by atoms with van der Waals surface area (Å²) >= 11 is 0. The Labute approximate surface area is 123 Å². The third-order valence-electron chi connectivity index (χ3n) is 4.87. The molecule has 0 aromatic rings. The van der Waals surface area contributed by atoms with Crippen molar-refractivity contribution >= 4 is 5.91 Å². The summed E-state index contributed by atoms with van der Waals surface area (Å²) in [7, 11) is 0. The summed E-state index contributed by atoms with van der Waals surface area (Å²) in [5, 5.41) is 3.10. The summed E-state index contributed by atoms with van der Waals surface area (Å²) in [6.07, 6.45) is 4.32. The molecule has 0 aromatic heterocycles. The summed E-state index contributed by atoms with van der Waals surface area (Å²) in [6.45, 7) is 11.4. The van der Waals surface area contributed by atoms with Crippen molar-refractivity contribution in [2.24, 2.45) is 17.1 Å². The number of amides is 1. The van der Waals surface area contributed by atoms with Gasteiger partial charge in [-0.2, -0.15) is 0 Å². The molecular formula is C16H32N2O2. The molecule has 0 spiro atoms. The maximum Gasteiger partial charge on any atom is 0.237 e. The highest BCUT2D eigenvalue weighted by Gasteiger charge is 2.49. The SMILES string of the molecule is CCCCOC1CC(NC(=O)C(N)C(C)CC)C1(C)C. The summed E-state index contributed by atoms with van der Waals surface area (Å²) < 4.78 is 5.89. The van der Waals surface area contributed by atoms with Crippen molar-refractivity contribution in [3.8, 4) is 0 Å². The van der Waals surface area contributed by atoms with Crippen molar-refractivity contribution in [2.75, 3.05) is 6.61 Å². The molecule has 0 heterocycles. The van der Waals surface area contributed by atoms with Gasteiger partial charge in [-0.25, -0.2) is 0 Å². The van der Waals surface area contributed by atoms with Crippen LogP contribution in [0.2, 0.25) is 0 Å². The first kappa shape index (κ1) is 17.4. The van der Waals surface area contributed by atoms with Gasteiger partial charge in [0.25, 0.3) is 0 Å². The lowest BCUT2D eigenvalue weighted by atomic mass is 9.64. The highest BCUT2D eigenvalue weighted by atomic mass is 16.5. The number of carbonyl (C=O) groups is 1. The Morgan fingerprint density at radius 1 is 1.45 bits per heavy atom. The Balaban J connectivity index is 2.41. The Morgan fingerprint density at radius 2 is 2.10 bits per heavy atom. The lowest BCUT2D eigenvalue weighted by Crippen LogP contribution is -2.64. The maximum absolute atomic E-state index is 12.1. The van der Waals surface area contributed by atoms with E-state index in [1.165, 1.54) is 0 Å². The zero-order valence-corrected chi connectivity index (χ0v) is 13.7. The van der Waals surface area contributed by atoms with Crippen molar-refractivity contribution in [1.29, 1.82) is 0 Å². The fourth-order valence-corrected chi connectivity index (χ4v) is 2.56. The monoisotopic (exact) mass is 284 g/mol. The first-order valence-electron chi connectivity index (χ1n) is 8.02. The van der Waals surface area contributed by atoms with E-state index in [2.05, 4.69) is 33.0 Å². The third kappa shape index (κ3) is 3.95. The van der Waals surface area contributed by atoms with Crippen LogP contribution in [0.15, 0.2) is 0 Å². The van der Waals surface area contributed by atoms with E-state index >= 15 is 0 Å². The van der Waals surface area contributed by atoms with Gasteiger partial charge in [0.2, 0.25) is 5.91 Å². The molecule has 3 N–H and O–H groups in total. The average Bonchev–Trinajstić information content (AvgIpc) is 2.43. The van der Waals surface area contributed by atoms with E-state index < -0.39 is 6.04 Å². The highest BCUT2D eigenvalue weighted by Crippen LogP contribution is 2.42. The van der Waals surface area contributed by atoms with Crippen molar-refractivity contribution in [3.05, 3.63) is 0 Å². The molecule has 4 unspecified atom stereocenters. The van der Waals surface area contributed by atoms with Gasteiger partial charge in [0.05, 0.1) is 12.1 Å². The summed E-state index contributed by atoms with van der Waals surface area (Å²) in [4.78, 5) is 12.1. The van der Waals surface area contributed by atoms with E-state index in [-0.39, 0.29) is 29.4 Å². The van der Waals surface area contributed by atoms with Crippen molar-refractivity contribution in [2.45, 2.75) is 78.5 Å². The molecular weight excluding hydrogens is 252 g/mol. The second-order valence-corrected chi connectivity index (χ2v) is 6.74. The number of unbranched alkanes of at least 4 members (excludes halogenated alkanes) is 1. The molecule has 0 aliphatic heterocycles. The van der Waals surface area contributed by atoms with Gasteiger partial charge in [-0.15, -0.1) is 0 Å². The number of ether oxygens (including phenoxy) is 1. The molecule has 1 aliphatic carbocycles. The normalized spacial score (nSPS) is 27.5. The highest BCUT2D eigenvalue weighted by molar-refractivity contribution is 5.82. The maximum atomic E-state index is 12.1. The molecule has 20 heavy (non-hydrogen) atoms. The number of nitrogens with one attached hydrogen (secondary N) is 1. The number of hydrogen-bond donors (Lipinski definition) is 2. The number of hydrogen-bond acceptors (Lipinski definition) is 3. The summed E-state index contributed by atoms with van der Waals surface area (Å²) in [5.41, 5.74) is 5.98. The van der Waals surface area contributed by atoms with E-state index in [9.17, 15) is 4.79 Å². The van der Waals surface area contributed by atoms with E-state index in [0.29, 0.717) is 0 Å². The van der Waals surface area contributed by atoms with Crippen LogP contribution in [0.1, 0.15) is 60.3 Å². The molecule has 1 amide bonds. The molecule has 1 saturated carbocycles. The molecule has 0 aromatic carbocycles. The van der Waals surface area contributed by atoms with Crippen LogP contribution >= 0.6 is 0 Å². The van der Waals surface area contributed by atoms with Gasteiger partial charge >= 0.3 is 0 Å². The lowest BCUT2D eigenvalue weighted by Gasteiger charge is -2.52. The third-order valence-corrected chi connectivity index (χ3v) is 4.87. The van der Waals surface area contributed by atoms with Crippen molar-refractivity contribution < 1.29 is 9.53 Å². The van der Waals surface area contributed by atoms with Gasteiger partial charge in [0.1, 0.15) is 0 Å². The molecule has 1 rings (SSSR count). The predicted molar refractivity (Wildman–Crippen MR) is 82.4 cm³/mol. The molecule has 4 atom stereocenters. The van der Waals surface area contributed by atoms with Gasteiger partial charge in [0.15, 0.2) is 0 Å². The van der Waals surface area contributed by atoms with Crippen LogP contribution in [-0.4, -0.2) is 30.7 Å². The zero-order chi connectivity index (χ0) is 15.3. The zero-order valence-electron chi connectivity index (χ0n) is 13.7. The fourth-order valence-electron chi connectivity index (χ4n) is 2.56. The quantitative estimate of drug-likeness (QED) is 0.673. The Kier molecular flexibility index (Phi) is 6.46. The van der Waals surface area contributed by atoms with E-state index in [1.807, 2.05) is 6.92 Å². The lowest BCUT2D eigenvalue weighted by molar-refractivity contribution is -0.139. The van der Waals surface area contributed by atoms with Gasteiger partial charge in [-0.3, -0.25) is 4.79 Å². The standard InChI is InChI=1S/C16H32N2O2/c1-6-8-9-20-13-10-12(16(13,4)5)18-15(19)14(17)11(3)7-2/h11-14H,6-10,17H2,1-5H3,(H,18,19). The number of nitrogens with two attached hydrogens (primary N) is 1. The molecule has 118 valence electrons. The first-order valence-corrected chi connectivity index (χ1v) is 8.02. The topological polar surface area (TPSA) is 64.3 Å². The van der Waals surface area contributed by atoms with Crippen molar-refractivity contribution in [1.82, 2.24) is 5.32 Å². The second-order valence-electron chi connectivity index (χ2n) is 6.74. The minimum atomic E-state index is -0.407. The first-order chi connectivity index (χ1) is 9.34. The minimum Gasteiger partial charge on any atom is -0.378 e. The van der Waals surface area contributed by atoms with Crippen LogP contribution in [0, 0.1) is 11.3 Å². The van der Waals surface area contributed by atoms with E-state index in [0.717, 1.165) is 32.3 Å². The number of carbonyl (C=O) groups excluding carboxylic acids is 1. The van der Waals surface area contributed by atoms with E-state index in [1.54, 1.807) is 0 Å². The Bertz CT molecular complexity index is 318. The summed E-state index contributed by atoms with van der Waals surface area (Å²) in [5.74, 6) is 0.194. The summed E-state index contributed by atoms with van der Waals surface area (Å²) in [6, 6.07) is -0.229. The average molecular weight is 284 g/mol. The van der Waals surface area contributed by atoms with Crippen molar-refractivity contribution in [3.63, 3.8) is 0 Å². The van der Waals surface area contributed by atoms with Gasteiger partial charge in [-0.05, 0) is 18.8 Å². The molecule has 4 nitrogen and oxygen atoms in total. The van der Waals surface area contributed by atoms with E-state index in [4.69, 9.17) is 10.5 Å². The molecule has 1 fully saturated rings. The Morgan fingerprint density at radius 3 is 2.60 bits per heavy atom. The second kappa shape index (κ2) is 7.41. The minimum absolute atomic E-state index is 0.00141. The molecule has 0 saturated heterocycles. The molecule has 1 aliphatic rings. The predicted octanol–water partition coefficient (Wildman–Crippen LogP) is 2.46. The van der Waals surface area contributed by atoms with Crippen LogP contribution in [-0.2, 0) is 9.53 Å². The van der Waals surface area contributed by atoms with Gasteiger partial charge in [0, 0.05) is 18.1 Å². The Hall–Kier alpha value is -0.610. The molecule has 4 heteroatoms. The van der Waals surface area contributed by atoms with Crippen LogP contribution in [0.4, 0.5) is 0 Å². The van der Waals surface area contributed by atoms with Crippen LogP contribution in [0.3, 0.4) is 0 Å². The number of rotatable bonds is 8. The fraction of sp³-hybridized carbons (Fsp3) is 0.938. The largest absolute Gasteiger partial charge is 0.378 e. The van der Waals surface area contributed by atoms with Crippen LogP contribution in [0.25, 0.3) is 0 Å². The smallest absolute Gasteiger partial charge is 0.237 e. The molecule has 0 radical (unpaired) electrons. The van der Waals surface area contributed by atoms with Gasteiger partial charge in [-0.1, -0.05) is 47.5 Å². The van der Waals surface area contributed by atoms with Gasteiger partial charge < -0.3 is 15.8 Å². The van der Waals surface area contributed by atoms with Crippen LogP contribution < -0.4 is 11.1 Å².